The van der Waals surface area contributed by atoms with Gasteiger partial charge in [0.15, 0.2) is 0 Å². The third-order valence-corrected chi connectivity index (χ3v) is 7.26. The van der Waals surface area contributed by atoms with Crippen molar-refractivity contribution < 1.29 is 18.7 Å². The number of fused-ring (bicyclic) bond motifs is 1. The Morgan fingerprint density at radius 3 is 2.67 bits per heavy atom. The number of halogens is 2. The fraction of sp³-hybridized carbons (Fsp3) is 0.250. The SMILES string of the molecule is CCOc1cc2ncc(C#N)c(Nc3ccc(OCc4cc(F)ccn4)c(Cl)c3)c2cc1NC(=O)C=C1CCN(C)CC1. The van der Waals surface area contributed by atoms with Crippen LogP contribution in [0.5, 0.6) is 11.5 Å². The lowest BCUT2D eigenvalue weighted by Gasteiger charge is -2.23. The zero-order valence-electron chi connectivity index (χ0n) is 23.8. The second-order valence-electron chi connectivity index (χ2n) is 10.1. The number of nitrogens with one attached hydrogen (secondary N) is 2. The first-order valence-electron chi connectivity index (χ1n) is 13.8. The lowest BCUT2D eigenvalue weighted by Crippen LogP contribution is -2.27. The van der Waals surface area contributed by atoms with Crippen LogP contribution >= 0.6 is 11.6 Å². The van der Waals surface area contributed by atoms with E-state index < -0.39 is 5.82 Å². The maximum Gasteiger partial charge on any atom is 0.248 e. The highest BCUT2D eigenvalue weighted by Crippen LogP contribution is 2.37. The molecular weight excluding hydrogens is 571 g/mol. The third kappa shape index (κ3) is 7.38. The van der Waals surface area contributed by atoms with Crippen LogP contribution in [0.15, 0.2) is 66.5 Å². The molecule has 0 bridgehead atoms. The summed E-state index contributed by atoms with van der Waals surface area (Å²) >= 11 is 6.50. The predicted molar refractivity (Wildman–Crippen MR) is 164 cm³/mol. The van der Waals surface area contributed by atoms with E-state index in [4.69, 9.17) is 21.1 Å². The quantitative estimate of drug-likeness (QED) is 0.207. The lowest BCUT2D eigenvalue weighted by molar-refractivity contribution is -0.112. The molecule has 0 radical (unpaired) electrons. The lowest BCUT2D eigenvalue weighted by atomic mass is 10.0. The smallest absolute Gasteiger partial charge is 0.248 e. The number of ether oxygens (including phenoxy) is 2. The summed E-state index contributed by atoms with van der Waals surface area (Å²) in [5.74, 6) is 0.228. The average Bonchev–Trinajstić information content (AvgIpc) is 2.99. The van der Waals surface area contributed by atoms with E-state index in [2.05, 4.69) is 38.6 Å². The number of likely N-dealkylation sites (tertiary alicyclic amines) is 1. The Kier molecular flexibility index (Phi) is 9.35. The van der Waals surface area contributed by atoms with Crippen LogP contribution in [0.4, 0.5) is 21.5 Å². The Hall–Kier alpha value is -4.72. The molecule has 1 aliphatic heterocycles. The highest BCUT2D eigenvalue weighted by Gasteiger charge is 2.17. The number of amides is 1. The summed E-state index contributed by atoms with van der Waals surface area (Å²) in [4.78, 5) is 23.8. The largest absolute Gasteiger partial charge is 0.492 e. The number of carbonyl (C=O) groups excluding carboxylic acids is 1. The molecule has 2 aromatic heterocycles. The number of pyridine rings is 2. The van der Waals surface area contributed by atoms with E-state index in [0.29, 0.717) is 62.4 Å². The molecule has 2 N–H and O–H groups in total. The van der Waals surface area contributed by atoms with Crippen LogP contribution in [0.1, 0.15) is 31.0 Å². The van der Waals surface area contributed by atoms with Crippen molar-refractivity contribution in [1.29, 1.82) is 5.26 Å². The number of hydrogen-bond acceptors (Lipinski definition) is 8. The van der Waals surface area contributed by atoms with Gasteiger partial charge in [0.05, 0.1) is 39.8 Å². The topological polar surface area (TPSA) is 112 Å². The van der Waals surface area contributed by atoms with Crippen LogP contribution in [-0.4, -0.2) is 47.5 Å². The molecule has 43 heavy (non-hydrogen) atoms. The molecule has 9 nitrogen and oxygen atoms in total. The number of hydrogen-bond donors (Lipinski definition) is 2. The highest BCUT2D eigenvalue weighted by molar-refractivity contribution is 6.32. The van der Waals surface area contributed by atoms with Crippen LogP contribution in [0.25, 0.3) is 10.9 Å². The van der Waals surface area contributed by atoms with E-state index in [0.717, 1.165) is 31.5 Å². The second-order valence-corrected chi connectivity index (χ2v) is 10.5. The number of aromatic nitrogens is 2. The second kappa shape index (κ2) is 13.5. The third-order valence-electron chi connectivity index (χ3n) is 6.97. The van der Waals surface area contributed by atoms with Gasteiger partial charge in [0.25, 0.3) is 0 Å². The number of rotatable bonds is 9. The van der Waals surface area contributed by atoms with Gasteiger partial charge in [-0.05, 0) is 63.2 Å². The number of nitrogens with zero attached hydrogens (tertiary/aromatic N) is 4. The molecule has 0 aliphatic carbocycles. The molecule has 0 saturated carbocycles. The van der Waals surface area contributed by atoms with E-state index in [1.807, 2.05) is 6.92 Å². The minimum atomic E-state index is -0.400. The minimum Gasteiger partial charge on any atom is -0.492 e. The Labute approximate surface area is 253 Å². The fourth-order valence-electron chi connectivity index (χ4n) is 4.74. The molecule has 220 valence electrons. The van der Waals surface area contributed by atoms with Gasteiger partial charge >= 0.3 is 0 Å². The molecule has 0 spiro atoms. The van der Waals surface area contributed by atoms with Crippen LogP contribution in [0, 0.1) is 17.1 Å². The van der Waals surface area contributed by atoms with Gasteiger partial charge in [-0.1, -0.05) is 17.2 Å². The van der Waals surface area contributed by atoms with Crippen molar-refractivity contribution in [2.24, 2.45) is 0 Å². The van der Waals surface area contributed by atoms with Crippen molar-refractivity contribution in [2.75, 3.05) is 37.4 Å². The van der Waals surface area contributed by atoms with Gasteiger partial charge < -0.3 is 25.0 Å². The summed E-state index contributed by atoms with van der Waals surface area (Å²) in [6.45, 7) is 4.13. The zero-order chi connectivity index (χ0) is 30.3. The highest BCUT2D eigenvalue weighted by atomic mass is 35.5. The van der Waals surface area contributed by atoms with E-state index in [9.17, 15) is 14.4 Å². The van der Waals surface area contributed by atoms with Crippen LogP contribution < -0.4 is 20.1 Å². The first-order chi connectivity index (χ1) is 20.8. The Balaban J connectivity index is 1.42. The number of benzene rings is 2. The molecule has 0 atom stereocenters. The van der Waals surface area contributed by atoms with Gasteiger partial charge in [-0.15, -0.1) is 0 Å². The van der Waals surface area contributed by atoms with E-state index in [-0.39, 0.29) is 12.5 Å². The fourth-order valence-corrected chi connectivity index (χ4v) is 4.97. The molecule has 11 heteroatoms. The average molecular weight is 601 g/mol. The summed E-state index contributed by atoms with van der Waals surface area (Å²) in [7, 11) is 2.07. The standard InChI is InChI=1S/C32H30ClFN6O3/c1-3-42-30-16-27-25(15-28(30)39-31(41)12-20-7-10-40(2)11-8-20)32(21(17-35)18-37-27)38-23-4-5-29(26(33)14-23)43-19-24-13-22(34)6-9-36-24/h4-6,9,12-16,18H,3,7-8,10-11,19H2,1-2H3,(H,37,38)(H,39,41). The number of piperidine rings is 1. The molecule has 1 aliphatic rings. The Bertz CT molecular complexity index is 1730. The number of nitriles is 1. The summed E-state index contributed by atoms with van der Waals surface area (Å²) in [6, 6.07) is 13.3. The zero-order valence-corrected chi connectivity index (χ0v) is 24.5. The summed E-state index contributed by atoms with van der Waals surface area (Å²) in [6.07, 6.45) is 6.20. The summed E-state index contributed by atoms with van der Waals surface area (Å²) in [5, 5.41) is 17.1. The van der Waals surface area contributed by atoms with Gasteiger partial charge in [-0.2, -0.15) is 5.26 Å². The van der Waals surface area contributed by atoms with Crippen molar-refractivity contribution in [2.45, 2.75) is 26.4 Å². The summed E-state index contributed by atoms with van der Waals surface area (Å²) < 4.78 is 25.0. The van der Waals surface area contributed by atoms with Crippen LogP contribution in [0.3, 0.4) is 0 Å². The van der Waals surface area contributed by atoms with E-state index in [1.54, 1.807) is 36.4 Å². The maximum absolute atomic E-state index is 13.5. The van der Waals surface area contributed by atoms with Gasteiger partial charge in [-0.25, -0.2) is 4.39 Å². The molecule has 0 unspecified atom stereocenters. The van der Waals surface area contributed by atoms with Gasteiger partial charge in [-0.3, -0.25) is 14.8 Å². The van der Waals surface area contributed by atoms with Crippen molar-refractivity contribution in [1.82, 2.24) is 14.9 Å². The predicted octanol–water partition coefficient (Wildman–Crippen LogP) is 6.61. The van der Waals surface area contributed by atoms with Gasteiger partial charge in [0, 0.05) is 48.7 Å². The first kappa shape index (κ1) is 29.8. The van der Waals surface area contributed by atoms with Gasteiger partial charge in [0.2, 0.25) is 5.91 Å². The number of anilines is 3. The van der Waals surface area contributed by atoms with Crippen molar-refractivity contribution >= 4 is 45.5 Å². The molecule has 1 saturated heterocycles. The normalized spacial score (nSPS) is 13.3. The monoisotopic (exact) mass is 600 g/mol. The summed E-state index contributed by atoms with van der Waals surface area (Å²) in [5.41, 5.74) is 3.96. The molecule has 2 aromatic carbocycles. The minimum absolute atomic E-state index is 0.0439. The molecule has 4 aromatic rings. The van der Waals surface area contributed by atoms with E-state index >= 15 is 0 Å². The van der Waals surface area contributed by atoms with Gasteiger partial charge in [0.1, 0.15) is 30.0 Å². The van der Waals surface area contributed by atoms with Crippen molar-refractivity contribution in [3.05, 3.63) is 88.6 Å². The first-order valence-corrected chi connectivity index (χ1v) is 14.2. The molecular formula is C32H30ClFN6O3. The van der Waals surface area contributed by atoms with Crippen molar-refractivity contribution in [3.63, 3.8) is 0 Å². The molecule has 1 fully saturated rings. The van der Waals surface area contributed by atoms with Crippen LogP contribution in [-0.2, 0) is 11.4 Å². The van der Waals surface area contributed by atoms with Crippen molar-refractivity contribution in [3.8, 4) is 17.6 Å². The maximum atomic E-state index is 13.5. The van der Waals surface area contributed by atoms with E-state index in [1.165, 1.54) is 24.5 Å². The Morgan fingerprint density at radius 2 is 1.95 bits per heavy atom. The van der Waals surface area contributed by atoms with Crippen LogP contribution in [0.2, 0.25) is 5.02 Å². The molecule has 5 rings (SSSR count). The Morgan fingerprint density at radius 1 is 1.14 bits per heavy atom. The number of carbonyl (C=O) groups is 1. The molecule has 1 amide bonds. The molecule has 3 heterocycles.